The zero-order valence-electron chi connectivity index (χ0n) is 13.7. The van der Waals surface area contributed by atoms with Gasteiger partial charge in [-0.25, -0.2) is 0 Å². The minimum Gasteiger partial charge on any atom is -0.370 e. The van der Waals surface area contributed by atoms with Gasteiger partial charge in [-0.05, 0) is 37.0 Å². The summed E-state index contributed by atoms with van der Waals surface area (Å²) in [5.74, 6) is -1.19. The molecule has 3 amide bonds. The van der Waals surface area contributed by atoms with E-state index in [1.54, 1.807) is 0 Å². The molecule has 0 heterocycles. The minimum atomic E-state index is -0.778. The summed E-state index contributed by atoms with van der Waals surface area (Å²) >= 11 is 0. The number of nitrogens with one attached hydrogen (secondary N) is 2. The topological polar surface area (TPSA) is 101 Å². The Kier molecular flexibility index (Phi) is 7.80. The summed E-state index contributed by atoms with van der Waals surface area (Å²) in [5, 5.41) is 5.28. The predicted octanol–water partition coefficient (Wildman–Crippen LogP) is 1.74. The van der Waals surface area contributed by atoms with Gasteiger partial charge in [-0.2, -0.15) is 0 Å². The van der Waals surface area contributed by atoms with Gasteiger partial charge < -0.3 is 16.4 Å². The third-order valence-corrected chi connectivity index (χ3v) is 3.41. The first-order valence-corrected chi connectivity index (χ1v) is 7.87. The predicted molar refractivity (Wildman–Crippen MR) is 89.7 cm³/mol. The molecule has 0 saturated carbocycles. The molecule has 6 heteroatoms. The van der Waals surface area contributed by atoms with Crippen molar-refractivity contribution in [2.75, 3.05) is 5.32 Å². The lowest BCUT2D eigenvalue weighted by atomic mass is 10.1. The van der Waals surface area contributed by atoms with E-state index in [1.807, 2.05) is 24.3 Å². The summed E-state index contributed by atoms with van der Waals surface area (Å²) in [6.45, 7) is 3.47. The van der Waals surface area contributed by atoms with Gasteiger partial charge in [-0.15, -0.1) is 0 Å². The van der Waals surface area contributed by atoms with Crippen LogP contribution < -0.4 is 16.4 Å². The van der Waals surface area contributed by atoms with Crippen molar-refractivity contribution in [3.05, 3.63) is 29.8 Å². The van der Waals surface area contributed by atoms with E-state index in [0.29, 0.717) is 5.69 Å². The first-order chi connectivity index (χ1) is 10.9. The number of rotatable bonds is 9. The maximum Gasteiger partial charge on any atom is 0.246 e. The van der Waals surface area contributed by atoms with E-state index in [0.717, 1.165) is 19.3 Å². The molecule has 1 aromatic rings. The van der Waals surface area contributed by atoms with Crippen LogP contribution in [0.15, 0.2) is 24.3 Å². The van der Waals surface area contributed by atoms with Gasteiger partial charge in [-0.3, -0.25) is 14.4 Å². The number of carbonyl (C=O) groups excluding carboxylic acids is 3. The lowest BCUT2D eigenvalue weighted by Crippen LogP contribution is -2.43. The second-order valence-corrected chi connectivity index (χ2v) is 5.55. The average Bonchev–Trinajstić information content (AvgIpc) is 2.50. The van der Waals surface area contributed by atoms with Crippen molar-refractivity contribution >= 4 is 23.4 Å². The van der Waals surface area contributed by atoms with Gasteiger partial charge in [0.25, 0.3) is 0 Å². The molecule has 0 bridgehead atoms. The molecule has 0 unspecified atom stereocenters. The average molecular weight is 319 g/mol. The van der Waals surface area contributed by atoms with Crippen LogP contribution in [0.4, 0.5) is 5.69 Å². The van der Waals surface area contributed by atoms with E-state index in [4.69, 9.17) is 5.73 Å². The van der Waals surface area contributed by atoms with E-state index in [-0.39, 0.29) is 24.7 Å². The van der Waals surface area contributed by atoms with Gasteiger partial charge in [0, 0.05) is 19.0 Å². The molecule has 0 radical (unpaired) electrons. The van der Waals surface area contributed by atoms with E-state index in [9.17, 15) is 14.4 Å². The molecule has 0 aromatic heterocycles. The molecule has 1 rings (SSSR count). The van der Waals surface area contributed by atoms with Crippen molar-refractivity contribution in [2.45, 2.75) is 52.0 Å². The number of anilines is 1. The highest BCUT2D eigenvalue weighted by Crippen LogP contribution is 2.12. The van der Waals surface area contributed by atoms with Gasteiger partial charge >= 0.3 is 0 Å². The molecule has 1 atom stereocenters. The Labute approximate surface area is 136 Å². The molecule has 0 saturated heterocycles. The molecule has 4 N–H and O–H groups in total. The van der Waals surface area contributed by atoms with E-state index in [2.05, 4.69) is 17.6 Å². The molecule has 0 aliphatic carbocycles. The molecule has 126 valence electrons. The zero-order chi connectivity index (χ0) is 17.2. The Morgan fingerprint density at radius 1 is 1.17 bits per heavy atom. The number of hydrogen-bond acceptors (Lipinski definition) is 3. The van der Waals surface area contributed by atoms with Crippen molar-refractivity contribution in [2.24, 2.45) is 5.73 Å². The second-order valence-electron chi connectivity index (χ2n) is 5.55. The fraction of sp³-hybridized carbons (Fsp3) is 0.471. The van der Waals surface area contributed by atoms with Crippen molar-refractivity contribution in [1.29, 1.82) is 0 Å². The molecular weight excluding hydrogens is 294 g/mol. The SMILES string of the molecule is CCCCc1ccc(NC(=O)[C@H](CCC(N)=O)NC(C)=O)cc1. The smallest absolute Gasteiger partial charge is 0.246 e. The Morgan fingerprint density at radius 2 is 1.83 bits per heavy atom. The van der Waals surface area contributed by atoms with Crippen LogP contribution in [0.25, 0.3) is 0 Å². The van der Waals surface area contributed by atoms with Gasteiger partial charge in [-0.1, -0.05) is 25.5 Å². The van der Waals surface area contributed by atoms with E-state index >= 15 is 0 Å². The standard InChI is InChI=1S/C17H25N3O3/c1-3-4-5-13-6-8-14(9-7-13)20-17(23)15(19-12(2)21)10-11-16(18)22/h6-9,15H,3-5,10-11H2,1-2H3,(H2,18,22)(H,19,21)(H,20,23)/t15-/m0/s1. The van der Waals surface area contributed by atoms with Crippen LogP contribution in [0.1, 0.15) is 45.1 Å². The zero-order valence-corrected chi connectivity index (χ0v) is 13.7. The fourth-order valence-electron chi connectivity index (χ4n) is 2.17. The third-order valence-electron chi connectivity index (χ3n) is 3.41. The molecule has 0 fully saturated rings. The number of hydrogen-bond donors (Lipinski definition) is 3. The summed E-state index contributed by atoms with van der Waals surface area (Å²) in [6.07, 6.45) is 3.49. The Bertz CT molecular complexity index is 541. The number of benzene rings is 1. The number of nitrogens with two attached hydrogens (primary N) is 1. The fourth-order valence-corrected chi connectivity index (χ4v) is 2.17. The molecule has 23 heavy (non-hydrogen) atoms. The Balaban J connectivity index is 2.65. The molecule has 0 aliphatic heterocycles. The van der Waals surface area contributed by atoms with Gasteiger partial charge in [0.15, 0.2) is 0 Å². The van der Waals surface area contributed by atoms with Crippen LogP contribution >= 0.6 is 0 Å². The lowest BCUT2D eigenvalue weighted by molar-refractivity contribution is -0.126. The highest BCUT2D eigenvalue weighted by Gasteiger charge is 2.20. The largest absolute Gasteiger partial charge is 0.370 e. The van der Waals surface area contributed by atoms with Gasteiger partial charge in [0.05, 0.1) is 0 Å². The van der Waals surface area contributed by atoms with Crippen LogP contribution in [-0.2, 0) is 20.8 Å². The highest BCUT2D eigenvalue weighted by atomic mass is 16.2. The maximum absolute atomic E-state index is 12.2. The van der Waals surface area contributed by atoms with Crippen molar-refractivity contribution in [1.82, 2.24) is 5.32 Å². The second kappa shape index (κ2) is 9.61. The lowest BCUT2D eigenvalue weighted by Gasteiger charge is -2.17. The van der Waals surface area contributed by atoms with Crippen molar-refractivity contribution < 1.29 is 14.4 Å². The monoisotopic (exact) mass is 319 g/mol. The van der Waals surface area contributed by atoms with Crippen molar-refractivity contribution in [3.8, 4) is 0 Å². The quantitative estimate of drug-likeness (QED) is 0.646. The summed E-state index contributed by atoms with van der Waals surface area (Å²) < 4.78 is 0. The first-order valence-electron chi connectivity index (χ1n) is 7.87. The van der Waals surface area contributed by atoms with Crippen LogP contribution in [0.5, 0.6) is 0 Å². The number of primary amides is 1. The van der Waals surface area contributed by atoms with Crippen LogP contribution in [0, 0.1) is 0 Å². The minimum absolute atomic E-state index is 0.0360. The number of aryl methyl sites for hydroxylation is 1. The first kappa shape index (κ1) is 18.7. The molecule has 0 spiro atoms. The normalized spacial score (nSPS) is 11.6. The van der Waals surface area contributed by atoms with Crippen LogP contribution in [0.2, 0.25) is 0 Å². The van der Waals surface area contributed by atoms with Gasteiger partial charge in [0.1, 0.15) is 6.04 Å². The number of unbranched alkanes of at least 4 members (excludes halogenated alkanes) is 1. The summed E-state index contributed by atoms with van der Waals surface area (Å²) in [7, 11) is 0. The molecule has 1 aromatic carbocycles. The van der Waals surface area contributed by atoms with E-state index < -0.39 is 11.9 Å². The van der Waals surface area contributed by atoms with E-state index in [1.165, 1.54) is 12.5 Å². The number of carbonyl (C=O) groups is 3. The highest BCUT2D eigenvalue weighted by molar-refractivity contribution is 5.97. The maximum atomic E-state index is 12.2. The van der Waals surface area contributed by atoms with Crippen LogP contribution in [-0.4, -0.2) is 23.8 Å². The summed E-state index contributed by atoms with van der Waals surface area (Å²) in [6, 6.07) is 6.84. The summed E-state index contributed by atoms with van der Waals surface area (Å²) in [5.41, 5.74) is 6.97. The van der Waals surface area contributed by atoms with Gasteiger partial charge in [0.2, 0.25) is 17.7 Å². The summed E-state index contributed by atoms with van der Waals surface area (Å²) in [4.78, 5) is 34.3. The Hall–Kier alpha value is -2.37. The van der Waals surface area contributed by atoms with Crippen LogP contribution in [0.3, 0.4) is 0 Å². The van der Waals surface area contributed by atoms with Crippen molar-refractivity contribution in [3.63, 3.8) is 0 Å². The Morgan fingerprint density at radius 3 is 2.35 bits per heavy atom. The molecule has 6 nitrogen and oxygen atoms in total. The third kappa shape index (κ3) is 7.44. The molecular formula is C17H25N3O3. The molecule has 0 aliphatic rings. The number of amides is 3.